The number of carbonyl (C=O) groups excluding carboxylic acids is 3. The van der Waals surface area contributed by atoms with Gasteiger partial charge in [0.15, 0.2) is 0 Å². The Morgan fingerprint density at radius 1 is 1.09 bits per heavy atom. The van der Waals surface area contributed by atoms with Gasteiger partial charge in [-0.05, 0) is 43.4 Å². The summed E-state index contributed by atoms with van der Waals surface area (Å²) in [6, 6.07) is 11.9. The van der Waals surface area contributed by atoms with Crippen LogP contribution in [0.4, 0.5) is 4.79 Å². The van der Waals surface area contributed by atoms with Crippen LogP contribution in [0.2, 0.25) is 0 Å². The van der Waals surface area contributed by atoms with E-state index in [2.05, 4.69) is 10.3 Å². The summed E-state index contributed by atoms with van der Waals surface area (Å²) in [7, 11) is 0. The zero-order valence-corrected chi connectivity index (χ0v) is 18.3. The van der Waals surface area contributed by atoms with E-state index in [-0.39, 0.29) is 35.5 Å². The summed E-state index contributed by atoms with van der Waals surface area (Å²) in [5, 5.41) is 2.79. The maximum Gasteiger partial charge on any atom is 0.325 e. The van der Waals surface area contributed by atoms with E-state index < -0.39 is 11.9 Å². The number of urea groups is 1. The molecular weight excluding hydrogens is 424 g/mol. The Kier molecular flexibility index (Phi) is 7.19. The molecule has 1 aromatic carbocycles. The summed E-state index contributed by atoms with van der Waals surface area (Å²) in [5.74, 6) is -0.572. The van der Waals surface area contributed by atoms with Crippen LogP contribution in [0.15, 0.2) is 48.7 Å². The fraction of sp³-hybridized carbons (Fsp3) is 0.417. The van der Waals surface area contributed by atoms with Crippen LogP contribution in [-0.2, 0) is 16.1 Å². The number of imide groups is 1. The van der Waals surface area contributed by atoms with Crippen molar-refractivity contribution in [3.8, 4) is 5.88 Å². The molecule has 4 rings (SSSR count). The lowest BCUT2D eigenvalue weighted by Crippen LogP contribution is -2.44. The normalized spacial score (nSPS) is 22.8. The molecule has 0 radical (unpaired) electrons. The lowest BCUT2D eigenvalue weighted by atomic mass is 9.91. The van der Waals surface area contributed by atoms with E-state index in [1.54, 1.807) is 18.3 Å². The number of nitrogens with one attached hydrogen (secondary N) is 1. The minimum atomic E-state index is -0.593. The number of hydrogen-bond acceptors (Lipinski definition) is 6. The fourth-order valence-electron chi connectivity index (χ4n) is 4.31. The van der Waals surface area contributed by atoms with Gasteiger partial charge in [0.2, 0.25) is 5.88 Å². The van der Waals surface area contributed by atoms with Gasteiger partial charge in [-0.2, -0.15) is 0 Å². The van der Waals surface area contributed by atoms with Gasteiger partial charge in [0.05, 0.1) is 6.61 Å². The number of hydrogen-bond donors (Lipinski definition) is 2. The molecular formula is C24H28N4O5. The van der Waals surface area contributed by atoms with Crippen LogP contribution < -0.4 is 15.8 Å². The van der Waals surface area contributed by atoms with E-state index in [1.165, 1.54) is 4.90 Å². The second kappa shape index (κ2) is 10.4. The third kappa shape index (κ3) is 5.48. The number of aromatic nitrogens is 1. The van der Waals surface area contributed by atoms with Crippen molar-refractivity contribution in [2.75, 3.05) is 6.61 Å². The minimum Gasteiger partial charge on any atom is -0.474 e. The van der Waals surface area contributed by atoms with Crippen LogP contribution in [-0.4, -0.2) is 52.5 Å². The number of carbonyl (C=O) groups is 3. The molecule has 0 unspecified atom stereocenters. The zero-order valence-electron chi connectivity index (χ0n) is 18.3. The molecule has 1 saturated heterocycles. The predicted octanol–water partition coefficient (Wildman–Crippen LogP) is 2.40. The monoisotopic (exact) mass is 452 g/mol. The maximum atomic E-state index is 12.9. The van der Waals surface area contributed by atoms with E-state index in [1.807, 2.05) is 30.3 Å². The van der Waals surface area contributed by atoms with Gasteiger partial charge in [0.25, 0.3) is 11.8 Å². The molecule has 1 aliphatic carbocycles. The number of primary amides is 1. The van der Waals surface area contributed by atoms with Gasteiger partial charge in [-0.25, -0.2) is 9.78 Å². The number of benzene rings is 1. The lowest BCUT2D eigenvalue weighted by molar-refractivity contribution is -0.130. The van der Waals surface area contributed by atoms with E-state index in [4.69, 9.17) is 15.2 Å². The molecule has 174 valence electrons. The highest BCUT2D eigenvalue weighted by Crippen LogP contribution is 2.29. The molecule has 4 amide bonds. The first kappa shape index (κ1) is 22.7. The first-order valence-corrected chi connectivity index (χ1v) is 11.2. The van der Waals surface area contributed by atoms with Gasteiger partial charge in [-0.3, -0.25) is 14.5 Å². The molecule has 0 spiro atoms. The molecule has 1 aliphatic heterocycles. The van der Waals surface area contributed by atoms with Gasteiger partial charge in [-0.15, -0.1) is 0 Å². The molecule has 2 fully saturated rings. The number of nitrogens with two attached hydrogens (primary N) is 1. The molecule has 3 N–H and O–H groups in total. The van der Waals surface area contributed by atoms with Gasteiger partial charge < -0.3 is 20.5 Å². The van der Waals surface area contributed by atoms with Crippen molar-refractivity contribution in [3.05, 3.63) is 59.8 Å². The maximum absolute atomic E-state index is 12.9. The fourth-order valence-corrected chi connectivity index (χ4v) is 4.31. The third-order valence-electron chi connectivity index (χ3n) is 6.04. The molecule has 2 aromatic rings. The van der Waals surface area contributed by atoms with Crippen LogP contribution >= 0.6 is 0 Å². The van der Waals surface area contributed by atoms with Gasteiger partial charge >= 0.3 is 6.03 Å². The molecule has 2 heterocycles. The average Bonchev–Trinajstić information content (AvgIpc) is 3.11. The van der Waals surface area contributed by atoms with E-state index >= 15 is 0 Å². The summed E-state index contributed by atoms with van der Waals surface area (Å²) in [5.41, 5.74) is 6.69. The predicted molar refractivity (Wildman–Crippen MR) is 119 cm³/mol. The molecule has 1 saturated carbocycles. The molecule has 33 heavy (non-hydrogen) atoms. The summed E-state index contributed by atoms with van der Waals surface area (Å²) < 4.78 is 11.6. The Morgan fingerprint density at radius 3 is 2.58 bits per heavy atom. The number of amides is 4. The SMILES string of the molecule is NC(=O)c1cccnc1O[C@H]1CC[C@H](N2C(=O)N[C@@H](CCOCc3ccccc3)C2=O)CC1. The first-order valence-electron chi connectivity index (χ1n) is 11.2. The summed E-state index contributed by atoms with van der Waals surface area (Å²) in [6.45, 7) is 0.851. The van der Waals surface area contributed by atoms with E-state index in [9.17, 15) is 14.4 Å². The smallest absolute Gasteiger partial charge is 0.325 e. The molecule has 1 aromatic heterocycles. The highest BCUT2D eigenvalue weighted by molar-refractivity contribution is 6.04. The van der Waals surface area contributed by atoms with Crippen molar-refractivity contribution >= 4 is 17.8 Å². The van der Waals surface area contributed by atoms with Crippen LogP contribution in [0, 0.1) is 0 Å². The quantitative estimate of drug-likeness (QED) is 0.445. The summed E-state index contributed by atoms with van der Waals surface area (Å²) in [6.07, 6.45) is 4.35. The average molecular weight is 453 g/mol. The number of nitrogens with zero attached hydrogens (tertiary/aromatic N) is 2. The Hall–Kier alpha value is -3.46. The Bertz CT molecular complexity index is 991. The minimum absolute atomic E-state index is 0.155. The Labute approximate surface area is 192 Å². The molecule has 1 atom stereocenters. The van der Waals surface area contributed by atoms with Crippen molar-refractivity contribution in [2.45, 2.75) is 56.9 Å². The van der Waals surface area contributed by atoms with E-state index in [0.29, 0.717) is 45.3 Å². The van der Waals surface area contributed by atoms with Gasteiger partial charge in [0, 0.05) is 25.3 Å². The van der Waals surface area contributed by atoms with Crippen molar-refractivity contribution < 1.29 is 23.9 Å². The van der Waals surface area contributed by atoms with Crippen LogP contribution in [0.5, 0.6) is 5.88 Å². The summed E-state index contributed by atoms with van der Waals surface area (Å²) in [4.78, 5) is 42.4. The van der Waals surface area contributed by atoms with Crippen LogP contribution in [0.1, 0.15) is 48.0 Å². The highest BCUT2D eigenvalue weighted by Gasteiger charge is 2.43. The topological polar surface area (TPSA) is 124 Å². The van der Waals surface area contributed by atoms with Gasteiger partial charge in [-0.1, -0.05) is 30.3 Å². The highest BCUT2D eigenvalue weighted by atomic mass is 16.5. The number of pyridine rings is 1. The van der Waals surface area contributed by atoms with Crippen molar-refractivity contribution in [2.24, 2.45) is 5.73 Å². The number of ether oxygens (including phenoxy) is 2. The second-order valence-electron chi connectivity index (χ2n) is 8.31. The standard InChI is InChI=1S/C24H28N4O5/c25-21(29)19-7-4-13-26-22(19)33-18-10-8-17(9-11-18)28-23(30)20(27-24(28)31)12-14-32-15-16-5-2-1-3-6-16/h1-7,13,17-18,20H,8-12,14-15H2,(H2,25,29)(H,27,31)/t17-,18-,20-/m0/s1. The largest absolute Gasteiger partial charge is 0.474 e. The molecule has 2 aliphatic rings. The van der Waals surface area contributed by atoms with Crippen LogP contribution in [0.25, 0.3) is 0 Å². The van der Waals surface area contributed by atoms with E-state index in [0.717, 1.165) is 5.56 Å². The molecule has 0 bridgehead atoms. The van der Waals surface area contributed by atoms with Crippen molar-refractivity contribution in [1.82, 2.24) is 15.2 Å². The Morgan fingerprint density at radius 2 is 1.85 bits per heavy atom. The molecule has 9 nitrogen and oxygen atoms in total. The zero-order chi connectivity index (χ0) is 23.2. The lowest BCUT2D eigenvalue weighted by Gasteiger charge is -2.33. The molecule has 9 heteroatoms. The summed E-state index contributed by atoms with van der Waals surface area (Å²) >= 11 is 0. The van der Waals surface area contributed by atoms with Gasteiger partial charge in [0.1, 0.15) is 17.7 Å². The number of rotatable bonds is 9. The van der Waals surface area contributed by atoms with Crippen LogP contribution in [0.3, 0.4) is 0 Å². The first-order chi connectivity index (χ1) is 16.0. The van der Waals surface area contributed by atoms with Crippen molar-refractivity contribution in [3.63, 3.8) is 0 Å². The Balaban J connectivity index is 1.25. The third-order valence-corrected chi connectivity index (χ3v) is 6.04. The van der Waals surface area contributed by atoms with Crippen molar-refractivity contribution in [1.29, 1.82) is 0 Å². The second-order valence-corrected chi connectivity index (χ2v) is 8.31.